The molecule has 4 nitrogen and oxygen atoms in total. The van der Waals surface area contributed by atoms with Gasteiger partial charge in [0.05, 0.1) is 16.8 Å². The molecule has 0 aromatic heterocycles. The zero-order valence-electron chi connectivity index (χ0n) is 9.25. The molecule has 0 aliphatic heterocycles. The molecule has 0 spiro atoms. The van der Waals surface area contributed by atoms with Crippen LogP contribution >= 0.6 is 11.6 Å². The van der Waals surface area contributed by atoms with Gasteiger partial charge in [0.25, 0.3) is 0 Å². The lowest BCUT2D eigenvalue weighted by molar-refractivity contribution is -0.114. The molecule has 1 unspecified atom stereocenters. The quantitative estimate of drug-likeness (QED) is 0.758. The summed E-state index contributed by atoms with van der Waals surface area (Å²) < 4.78 is 0. The number of nitrogens with one attached hydrogen (secondary N) is 2. The van der Waals surface area contributed by atoms with Crippen molar-refractivity contribution in [2.45, 2.75) is 20.0 Å². The van der Waals surface area contributed by atoms with E-state index in [2.05, 4.69) is 10.6 Å². The molecule has 0 saturated heterocycles. The molecule has 0 bridgehead atoms. The van der Waals surface area contributed by atoms with Crippen molar-refractivity contribution in [3.63, 3.8) is 0 Å². The highest BCUT2D eigenvalue weighted by molar-refractivity contribution is 6.33. The van der Waals surface area contributed by atoms with Gasteiger partial charge in [-0.3, -0.25) is 4.79 Å². The van der Waals surface area contributed by atoms with Gasteiger partial charge < -0.3 is 15.7 Å². The first-order chi connectivity index (χ1) is 7.49. The predicted octanol–water partition coefficient (Wildman–Crippen LogP) is 2.09. The second-order valence-electron chi connectivity index (χ2n) is 3.61. The molecular weight excluding hydrogens is 228 g/mol. The van der Waals surface area contributed by atoms with Crippen LogP contribution in [0.3, 0.4) is 0 Å². The molecule has 1 amide bonds. The minimum Gasteiger partial charge on any atom is -0.392 e. The second-order valence-corrected chi connectivity index (χ2v) is 4.01. The van der Waals surface area contributed by atoms with E-state index in [4.69, 9.17) is 16.7 Å². The maximum atomic E-state index is 10.9. The third kappa shape index (κ3) is 4.08. The van der Waals surface area contributed by atoms with E-state index in [1.54, 1.807) is 25.1 Å². The van der Waals surface area contributed by atoms with Crippen molar-refractivity contribution in [2.24, 2.45) is 0 Å². The molecule has 0 radical (unpaired) electrons. The van der Waals surface area contributed by atoms with Gasteiger partial charge in [0.15, 0.2) is 0 Å². The van der Waals surface area contributed by atoms with Crippen molar-refractivity contribution in [2.75, 3.05) is 17.2 Å². The van der Waals surface area contributed by atoms with E-state index in [1.165, 1.54) is 6.92 Å². The van der Waals surface area contributed by atoms with Gasteiger partial charge >= 0.3 is 0 Å². The van der Waals surface area contributed by atoms with Gasteiger partial charge in [0.1, 0.15) is 0 Å². The van der Waals surface area contributed by atoms with Crippen LogP contribution in [0.15, 0.2) is 18.2 Å². The number of hydrogen-bond donors (Lipinski definition) is 3. The Kier molecular flexibility index (Phi) is 4.58. The standard InChI is InChI=1S/C11H15ClN2O2/c1-7(15)6-13-11-5-9(14-8(2)16)3-4-10(11)12/h3-5,7,13,15H,6H2,1-2H3,(H,14,16). The van der Waals surface area contributed by atoms with E-state index in [-0.39, 0.29) is 5.91 Å². The Hall–Kier alpha value is -1.26. The highest BCUT2D eigenvalue weighted by Crippen LogP contribution is 2.25. The fraction of sp³-hybridized carbons (Fsp3) is 0.364. The Morgan fingerprint density at radius 3 is 2.81 bits per heavy atom. The van der Waals surface area contributed by atoms with Crippen LogP contribution in [-0.4, -0.2) is 23.7 Å². The van der Waals surface area contributed by atoms with Crippen LogP contribution in [0, 0.1) is 0 Å². The zero-order chi connectivity index (χ0) is 12.1. The van der Waals surface area contributed by atoms with Crippen LogP contribution in [-0.2, 0) is 4.79 Å². The molecule has 0 saturated carbocycles. The van der Waals surface area contributed by atoms with Crippen molar-refractivity contribution >= 4 is 28.9 Å². The van der Waals surface area contributed by atoms with Gasteiger partial charge in [-0.25, -0.2) is 0 Å². The summed E-state index contributed by atoms with van der Waals surface area (Å²) in [6.45, 7) is 3.53. The highest BCUT2D eigenvalue weighted by atomic mass is 35.5. The first kappa shape index (κ1) is 12.8. The lowest BCUT2D eigenvalue weighted by Gasteiger charge is -2.11. The summed E-state index contributed by atoms with van der Waals surface area (Å²) in [6, 6.07) is 5.14. The largest absolute Gasteiger partial charge is 0.392 e. The summed E-state index contributed by atoms with van der Waals surface area (Å²) in [5.41, 5.74) is 1.36. The van der Waals surface area contributed by atoms with E-state index in [1.807, 2.05) is 0 Å². The minimum absolute atomic E-state index is 0.135. The zero-order valence-corrected chi connectivity index (χ0v) is 10.0. The van der Waals surface area contributed by atoms with E-state index >= 15 is 0 Å². The van der Waals surface area contributed by atoms with Crippen LogP contribution < -0.4 is 10.6 Å². The summed E-state index contributed by atoms with van der Waals surface area (Å²) in [5.74, 6) is -0.135. The maximum Gasteiger partial charge on any atom is 0.221 e. The number of amides is 1. The average molecular weight is 243 g/mol. The number of carbonyl (C=O) groups is 1. The van der Waals surface area contributed by atoms with Crippen LogP contribution in [0.5, 0.6) is 0 Å². The van der Waals surface area contributed by atoms with Gasteiger partial charge in [-0.05, 0) is 25.1 Å². The Balaban J connectivity index is 2.77. The lowest BCUT2D eigenvalue weighted by atomic mass is 10.2. The lowest BCUT2D eigenvalue weighted by Crippen LogP contribution is -2.15. The molecule has 1 rings (SSSR count). The number of aliphatic hydroxyl groups excluding tert-OH is 1. The third-order valence-corrected chi connectivity index (χ3v) is 2.20. The van der Waals surface area contributed by atoms with Crippen molar-refractivity contribution in [3.8, 4) is 0 Å². The molecule has 0 aliphatic rings. The first-order valence-electron chi connectivity index (χ1n) is 4.98. The highest BCUT2D eigenvalue weighted by Gasteiger charge is 2.04. The van der Waals surface area contributed by atoms with Crippen molar-refractivity contribution in [3.05, 3.63) is 23.2 Å². The van der Waals surface area contributed by atoms with Crippen LogP contribution in [0.25, 0.3) is 0 Å². The maximum absolute atomic E-state index is 10.9. The number of halogens is 1. The third-order valence-electron chi connectivity index (χ3n) is 1.87. The smallest absolute Gasteiger partial charge is 0.221 e. The molecule has 1 atom stereocenters. The van der Waals surface area contributed by atoms with Crippen molar-refractivity contribution in [1.29, 1.82) is 0 Å². The molecule has 16 heavy (non-hydrogen) atoms. The first-order valence-corrected chi connectivity index (χ1v) is 5.36. The number of anilines is 2. The fourth-order valence-corrected chi connectivity index (χ4v) is 1.38. The summed E-state index contributed by atoms with van der Waals surface area (Å²) in [7, 11) is 0. The van der Waals surface area contributed by atoms with Crippen LogP contribution in [0.4, 0.5) is 11.4 Å². The topological polar surface area (TPSA) is 61.4 Å². The van der Waals surface area contributed by atoms with Gasteiger partial charge in [-0.1, -0.05) is 11.6 Å². The van der Waals surface area contributed by atoms with E-state index < -0.39 is 6.10 Å². The van der Waals surface area contributed by atoms with E-state index in [0.717, 1.165) is 0 Å². The monoisotopic (exact) mass is 242 g/mol. The van der Waals surface area contributed by atoms with Crippen molar-refractivity contribution in [1.82, 2.24) is 0 Å². The number of benzene rings is 1. The normalized spacial score (nSPS) is 12.0. The minimum atomic E-state index is -0.458. The number of hydrogen-bond acceptors (Lipinski definition) is 3. The molecular formula is C11H15ClN2O2. The summed E-state index contributed by atoms with van der Waals surface area (Å²) in [5, 5.41) is 15.3. The van der Waals surface area contributed by atoms with E-state index in [9.17, 15) is 4.79 Å². The van der Waals surface area contributed by atoms with Gasteiger partial charge in [0.2, 0.25) is 5.91 Å². The molecule has 0 heterocycles. The molecule has 1 aromatic rings. The molecule has 3 N–H and O–H groups in total. The number of carbonyl (C=O) groups excluding carboxylic acids is 1. The van der Waals surface area contributed by atoms with Crippen LogP contribution in [0.2, 0.25) is 5.02 Å². The SMILES string of the molecule is CC(=O)Nc1ccc(Cl)c(NCC(C)O)c1. The number of rotatable bonds is 4. The predicted molar refractivity (Wildman–Crippen MR) is 65.9 cm³/mol. The summed E-state index contributed by atoms with van der Waals surface area (Å²) in [6.07, 6.45) is -0.458. The fourth-order valence-electron chi connectivity index (χ4n) is 1.20. The van der Waals surface area contributed by atoms with Gasteiger partial charge in [-0.2, -0.15) is 0 Å². The Morgan fingerprint density at radius 1 is 1.56 bits per heavy atom. The Bertz CT molecular complexity index is 380. The Labute approximate surface area is 99.6 Å². The molecule has 88 valence electrons. The summed E-state index contributed by atoms with van der Waals surface area (Å²) >= 11 is 5.96. The molecule has 0 fully saturated rings. The van der Waals surface area contributed by atoms with Crippen LogP contribution in [0.1, 0.15) is 13.8 Å². The van der Waals surface area contributed by atoms with E-state index in [0.29, 0.717) is 22.9 Å². The van der Waals surface area contributed by atoms with Crippen molar-refractivity contribution < 1.29 is 9.90 Å². The Morgan fingerprint density at radius 2 is 2.25 bits per heavy atom. The molecule has 1 aromatic carbocycles. The second kappa shape index (κ2) is 5.72. The van der Waals surface area contributed by atoms with Gasteiger partial charge in [0, 0.05) is 19.2 Å². The van der Waals surface area contributed by atoms with Gasteiger partial charge in [-0.15, -0.1) is 0 Å². The summed E-state index contributed by atoms with van der Waals surface area (Å²) in [4.78, 5) is 10.9. The molecule has 0 aliphatic carbocycles. The number of aliphatic hydroxyl groups is 1. The average Bonchev–Trinajstić information content (AvgIpc) is 2.18. The molecule has 5 heteroatoms.